The van der Waals surface area contributed by atoms with Gasteiger partial charge in [0.1, 0.15) is 9.84 Å². The molecule has 0 spiro atoms. The number of carboxylic acids is 1. The Labute approximate surface area is 137 Å². The number of nitrogens with zero attached hydrogens (tertiary/aromatic N) is 1. The lowest BCUT2D eigenvalue weighted by Gasteiger charge is -2.27. The van der Waals surface area contributed by atoms with Crippen LogP contribution >= 0.6 is 0 Å². The lowest BCUT2D eigenvalue weighted by atomic mass is 10.0. The Morgan fingerprint density at radius 2 is 1.87 bits per heavy atom. The Kier molecular flexibility index (Phi) is 6.75. The molecule has 1 rings (SSSR count). The molecule has 0 fully saturated rings. The van der Waals surface area contributed by atoms with Crippen LogP contribution in [0.15, 0.2) is 24.3 Å². The summed E-state index contributed by atoms with van der Waals surface area (Å²) in [6.45, 7) is 3.91. The maximum Gasteiger partial charge on any atom is 0.335 e. The minimum Gasteiger partial charge on any atom is -0.478 e. The molecule has 1 N–H and O–H groups in total. The van der Waals surface area contributed by atoms with Gasteiger partial charge in [-0.1, -0.05) is 18.2 Å². The Hall–Kier alpha value is -1.89. The van der Waals surface area contributed by atoms with Crippen molar-refractivity contribution in [2.24, 2.45) is 0 Å². The monoisotopic (exact) mass is 341 g/mol. The van der Waals surface area contributed by atoms with E-state index in [-0.39, 0.29) is 23.6 Å². The highest BCUT2D eigenvalue weighted by atomic mass is 32.2. The van der Waals surface area contributed by atoms with Crippen molar-refractivity contribution in [3.63, 3.8) is 0 Å². The summed E-state index contributed by atoms with van der Waals surface area (Å²) in [6.07, 6.45) is 1.60. The average molecular weight is 341 g/mol. The number of hydrogen-bond donors (Lipinski definition) is 1. The predicted octanol–water partition coefficient (Wildman–Crippen LogP) is 1.60. The summed E-state index contributed by atoms with van der Waals surface area (Å²) in [5, 5.41) is 9.14. The Morgan fingerprint density at radius 3 is 2.39 bits per heavy atom. The van der Waals surface area contributed by atoms with Crippen LogP contribution < -0.4 is 0 Å². The standard InChI is InChI=1S/C16H23NO5S/c1-4-17(12(2)11-23(3,21)22)15(18)10-9-13-7-5-6-8-14(13)16(19)20/h5-8,12H,4,9-11H2,1-3H3,(H,19,20). The van der Waals surface area contributed by atoms with E-state index in [0.717, 1.165) is 6.26 Å². The topological polar surface area (TPSA) is 91.8 Å². The first-order chi connectivity index (χ1) is 10.7. The van der Waals surface area contributed by atoms with E-state index < -0.39 is 21.8 Å². The first kappa shape index (κ1) is 19.2. The van der Waals surface area contributed by atoms with Crippen molar-refractivity contribution < 1.29 is 23.1 Å². The zero-order chi connectivity index (χ0) is 17.6. The van der Waals surface area contributed by atoms with Crippen LogP contribution in [0.2, 0.25) is 0 Å². The average Bonchev–Trinajstić information content (AvgIpc) is 2.44. The van der Waals surface area contributed by atoms with E-state index in [2.05, 4.69) is 0 Å². The number of aryl methyl sites for hydroxylation is 1. The molecule has 0 saturated heterocycles. The maximum atomic E-state index is 12.3. The molecule has 0 aliphatic heterocycles. The van der Waals surface area contributed by atoms with E-state index in [1.54, 1.807) is 32.0 Å². The Balaban J connectivity index is 2.77. The number of rotatable bonds is 8. The van der Waals surface area contributed by atoms with Crippen LogP contribution in [0.4, 0.5) is 0 Å². The Bertz CT molecular complexity index is 669. The molecule has 128 valence electrons. The quantitative estimate of drug-likeness (QED) is 0.775. The SMILES string of the molecule is CCN(C(=O)CCc1ccccc1C(=O)O)C(C)CS(C)(=O)=O. The van der Waals surface area contributed by atoms with Gasteiger partial charge in [-0.25, -0.2) is 13.2 Å². The van der Waals surface area contributed by atoms with Gasteiger partial charge in [-0.3, -0.25) is 4.79 Å². The van der Waals surface area contributed by atoms with E-state index in [1.165, 1.54) is 11.0 Å². The van der Waals surface area contributed by atoms with E-state index in [4.69, 9.17) is 5.11 Å². The molecule has 0 aromatic heterocycles. The molecular formula is C16H23NO5S. The van der Waals surface area contributed by atoms with Crippen molar-refractivity contribution in [2.75, 3.05) is 18.6 Å². The number of benzene rings is 1. The summed E-state index contributed by atoms with van der Waals surface area (Å²) in [5.41, 5.74) is 0.785. The number of carboxylic acid groups (broad SMARTS) is 1. The highest BCUT2D eigenvalue weighted by molar-refractivity contribution is 7.90. The number of carbonyl (C=O) groups excluding carboxylic acids is 1. The Morgan fingerprint density at radius 1 is 1.26 bits per heavy atom. The van der Waals surface area contributed by atoms with E-state index in [1.807, 2.05) is 0 Å². The highest BCUT2D eigenvalue weighted by Gasteiger charge is 2.22. The van der Waals surface area contributed by atoms with E-state index in [0.29, 0.717) is 18.5 Å². The molecule has 1 atom stereocenters. The molecule has 1 amide bonds. The van der Waals surface area contributed by atoms with Gasteiger partial charge in [0.2, 0.25) is 5.91 Å². The molecule has 23 heavy (non-hydrogen) atoms. The predicted molar refractivity (Wildman–Crippen MR) is 88.3 cm³/mol. The van der Waals surface area contributed by atoms with Crippen LogP contribution in [0.25, 0.3) is 0 Å². The largest absolute Gasteiger partial charge is 0.478 e. The van der Waals surface area contributed by atoms with Crippen molar-refractivity contribution in [1.82, 2.24) is 4.90 Å². The third kappa shape index (κ3) is 6.02. The van der Waals surface area contributed by atoms with Gasteiger partial charge < -0.3 is 10.0 Å². The van der Waals surface area contributed by atoms with Crippen LogP contribution in [-0.2, 0) is 21.1 Å². The molecule has 7 heteroatoms. The molecule has 1 aromatic carbocycles. The van der Waals surface area contributed by atoms with Crippen LogP contribution in [0.5, 0.6) is 0 Å². The summed E-state index contributed by atoms with van der Waals surface area (Å²) in [5.74, 6) is -1.28. The maximum absolute atomic E-state index is 12.3. The zero-order valence-electron chi connectivity index (χ0n) is 13.7. The molecule has 0 saturated carbocycles. The van der Waals surface area contributed by atoms with Crippen LogP contribution in [0.3, 0.4) is 0 Å². The summed E-state index contributed by atoms with van der Waals surface area (Å²) < 4.78 is 22.8. The minimum atomic E-state index is -3.17. The van der Waals surface area contributed by atoms with Gasteiger partial charge in [0.05, 0.1) is 11.3 Å². The van der Waals surface area contributed by atoms with Crippen molar-refractivity contribution in [1.29, 1.82) is 0 Å². The zero-order valence-corrected chi connectivity index (χ0v) is 14.5. The molecule has 1 unspecified atom stereocenters. The third-order valence-corrected chi connectivity index (χ3v) is 4.68. The van der Waals surface area contributed by atoms with Gasteiger partial charge in [-0.05, 0) is 31.9 Å². The van der Waals surface area contributed by atoms with Crippen molar-refractivity contribution in [2.45, 2.75) is 32.7 Å². The van der Waals surface area contributed by atoms with Crippen LogP contribution in [0.1, 0.15) is 36.2 Å². The summed E-state index contributed by atoms with van der Waals surface area (Å²) in [6, 6.07) is 6.16. The van der Waals surface area contributed by atoms with Crippen LogP contribution in [-0.4, -0.2) is 54.9 Å². The van der Waals surface area contributed by atoms with Gasteiger partial charge in [0.25, 0.3) is 0 Å². The van der Waals surface area contributed by atoms with Gasteiger partial charge in [0.15, 0.2) is 0 Å². The van der Waals surface area contributed by atoms with Crippen molar-refractivity contribution in [3.8, 4) is 0 Å². The lowest BCUT2D eigenvalue weighted by molar-refractivity contribution is -0.132. The second-order valence-electron chi connectivity index (χ2n) is 5.58. The molecule has 0 heterocycles. The van der Waals surface area contributed by atoms with E-state index >= 15 is 0 Å². The van der Waals surface area contributed by atoms with Crippen LogP contribution in [0, 0.1) is 0 Å². The third-order valence-electron chi connectivity index (χ3n) is 3.59. The van der Waals surface area contributed by atoms with E-state index in [9.17, 15) is 18.0 Å². The molecular weight excluding hydrogens is 318 g/mol. The minimum absolute atomic E-state index is 0.0850. The smallest absolute Gasteiger partial charge is 0.335 e. The van der Waals surface area contributed by atoms with Crippen molar-refractivity contribution >= 4 is 21.7 Å². The number of carbonyl (C=O) groups is 2. The van der Waals surface area contributed by atoms with Crippen molar-refractivity contribution in [3.05, 3.63) is 35.4 Å². The fraction of sp³-hybridized carbons (Fsp3) is 0.500. The molecule has 0 aliphatic carbocycles. The molecule has 0 radical (unpaired) electrons. The number of sulfone groups is 1. The second-order valence-corrected chi connectivity index (χ2v) is 7.77. The van der Waals surface area contributed by atoms with Gasteiger partial charge in [0, 0.05) is 25.3 Å². The molecule has 6 nitrogen and oxygen atoms in total. The number of amides is 1. The number of hydrogen-bond acceptors (Lipinski definition) is 4. The number of aromatic carboxylic acids is 1. The molecule has 0 bridgehead atoms. The first-order valence-electron chi connectivity index (χ1n) is 7.44. The summed E-state index contributed by atoms with van der Waals surface area (Å²) in [7, 11) is -3.17. The van der Waals surface area contributed by atoms with Gasteiger partial charge in [-0.15, -0.1) is 0 Å². The van der Waals surface area contributed by atoms with Gasteiger partial charge in [-0.2, -0.15) is 0 Å². The van der Waals surface area contributed by atoms with Gasteiger partial charge >= 0.3 is 5.97 Å². The normalized spacial score (nSPS) is 12.7. The summed E-state index contributed by atoms with van der Waals surface area (Å²) in [4.78, 5) is 25.0. The molecule has 0 aliphatic rings. The highest BCUT2D eigenvalue weighted by Crippen LogP contribution is 2.13. The fourth-order valence-corrected chi connectivity index (χ4v) is 3.65. The molecule has 1 aromatic rings. The lowest BCUT2D eigenvalue weighted by Crippen LogP contribution is -2.42. The second kappa shape index (κ2) is 8.10. The summed E-state index contributed by atoms with van der Waals surface area (Å²) >= 11 is 0. The first-order valence-corrected chi connectivity index (χ1v) is 9.50. The fourth-order valence-electron chi connectivity index (χ4n) is 2.59.